The fourth-order valence-electron chi connectivity index (χ4n) is 2.70. The molecule has 0 saturated heterocycles. The quantitative estimate of drug-likeness (QED) is 0.549. The van der Waals surface area contributed by atoms with Gasteiger partial charge in [-0.25, -0.2) is 0 Å². The molecule has 0 radical (unpaired) electrons. The van der Waals surface area contributed by atoms with E-state index >= 15 is 0 Å². The molecule has 8 nitrogen and oxygen atoms in total. The second-order valence-corrected chi connectivity index (χ2v) is 6.70. The maximum absolute atomic E-state index is 12.5. The van der Waals surface area contributed by atoms with E-state index in [-0.39, 0.29) is 18.3 Å². The Balaban J connectivity index is 1.63. The summed E-state index contributed by atoms with van der Waals surface area (Å²) in [6, 6.07) is 12.1. The van der Waals surface area contributed by atoms with E-state index in [1.54, 1.807) is 56.7 Å². The van der Waals surface area contributed by atoms with Crippen LogP contribution < -0.4 is 19.5 Å². The summed E-state index contributed by atoms with van der Waals surface area (Å²) >= 11 is 5.87. The topological polar surface area (TPSA) is 95.7 Å². The summed E-state index contributed by atoms with van der Waals surface area (Å²) in [6.07, 6.45) is -0.165. The molecule has 0 aliphatic rings. The Kier molecular flexibility index (Phi) is 7.13. The van der Waals surface area contributed by atoms with Crippen LogP contribution in [0.1, 0.15) is 19.2 Å². The van der Waals surface area contributed by atoms with Crippen molar-refractivity contribution in [2.75, 3.05) is 14.2 Å². The molecule has 30 heavy (non-hydrogen) atoms. The van der Waals surface area contributed by atoms with E-state index in [1.807, 2.05) is 6.92 Å². The lowest BCUT2D eigenvalue weighted by Gasteiger charge is -2.16. The van der Waals surface area contributed by atoms with Gasteiger partial charge >= 0.3 is 0 Å². The number of carbonyl (C=O) groups excluding carboxylic acids is 1. The SMILES string of the molecule is CC[C@@H](Oc1ccc(Cl)cc1)C(=O)NCc1nc(-c2ccc(OC)cc2OC)no1. The van der Waals surface area contributed by atoms with Crippen molar-refractivity contribution >= 4 is 17.5 Å². The normalized spacial score (nSPS) is 11.6. The summed E-state index contributed by atoms with van der Waals surface area (Å²) in [5, 5.41) is 7.32. The minimum atomic E-state index is -0.657. The first-order valence-corrected chi connectivity index (χ1v) is 9.66. The van der Waals surface area contributed by atoms with Crippen LogP contribution in [0.15, 0.2) is 47.0 Å². The van der Waals surface area contributed by atoms with Gasteiger partial charge in [0.1, 0.15) is 17.2 Å². The van der Waals surface area contributed by atoms with E-state index < -0.39 is 6.10 Å². The molecule has 3 rings (SSSR count). The first kappa shape index (κ1) is 21.4. The van der Waals surface area contributed by atoms with Crippen molar-refractivity contribution in [2.24, 2.45) is 0 Å². The zero-order valence-electron chi connectivity index (χ0n) is 16.8. The number of nitrogens with zero attached hydrogens (tertiary/aromatic N) is 2. The van der Waals surface area contributed by atoms with Gasteiger partial charge < -0.3 is 24.1 Å². The molecule has 0 saturated carbocycles. The molecule has 1 aromatic heterocycles. The number of ether oxygens (including phenoxy) is 3. The van der Waals surface area contributed by atoms with Crippen molar-refractivity contribution in [1.82, 2.24) is 15.5 Å². The maximum Gasteiger partial charge on any atom is 0.261 e. The number of amides is 1. The van der Waals surface area contributed by atoms with E-state index in [0.717, 1.165) is 0 Å². The van der Waals surface area contributed by atoms with Gasteiger partial charge in [0.2, 0.25) is 11.7 Å². The summed E-state index contributed by atoms with van der Waals surface area (Å²) < 4.78 is 21.5. The van der Waals surface area contributed by atoms with Crippen LogP contribution in [0.3, 0.4) is 0 Å². The lowest BCUT2D eigenvalue weighted by molar-refractivity contribution is -0.128. The second-order valence-electron chi connectivity index (χ2n) is 6.26. The monoisotopic (exact) mass is 431 g/mol. The molecular weight excluding hydrogens is 410 g/mol. The predicted octanol–water partition coefficient (Wildman–Crippen LogP) is 3.88. The van der Waals surface area contributed by atoms with Gasteiger partial charge in [-0.2, -0.15) is 4.98 Å². The molecule has 158 valence electrons. The fourth-order valence-corrected chi connectivity index (χ4v) is 2.82. The van der Waals surface area contributed by atoms with Crippen molar-refractivity contribution in [3.63, 3.8) is 0 Å². The predicted molar refractivity (Wildman–Crippen MR) is 111 cm³/mol. The van der Waals surface area contributed by atoms with Gasteiger partial charge in [0.15, 0.2) is 6.10 Å². The van der Waals surface area contributed by atoms with E-state index in [9.17, 15) is 4.79 Å². The summed E-state index contributed by atoms with van der Waals surface area (Å²) in [4.78, 5) is 16.8. The number of aromatic nitrogens is 2. The number of nitrogens with one attached hydrogen (secondary N) is 1. The molecule has 1 N–H and O–H groups in total. The van der Waals surface area contributed by atoms with Crippen molar-refractivity contribution < 1.29 is 23.5 Å². The third-order valence-electron chi connectivity index (χ3n) is 4.29. The Hall–Kier alpha value is -3.26. The first-order chi connectivity index (χ1) is 14.5. The van der Waals surface area contributed by atoms with E-state index in [2.05, 4.69) is 15.5 Å². The Morgan fingerprint density at radius 3 is 2.53 bits per heavy atom. The smallest absolute Gasteiger partial charge is 0.261 e. The van der Waals surface area contributed by atoms with E-state index in [1.165, 1.54) is 0 Å². The average molecular weight is 432 g/mol. The van der Waals surface area contributed by atoms with Crippen LogP contribution in [-0.2, 0) is 11.3 Å². The molecule has 1 heterocycles. The molecule has 9 heteroatoms. The van der Waals surface area contributed by atoms with Gasteiger partial charge in [0.05, 0.1) is 26.3 Å². The van der Waals surface area contributed by atoms with E-state index in [4.69, 9.17) is 30.3 Å². The maximum atomic E-state index is 12.5. The molecule has 0 unspecified atom stereocenters. The summed E-state index contributed by atoms with van der Waals surface area (Å²) in [5.74, 6) is 2.09. The summed E-state index contributed by atoms with van der Waals surface area (Å²) in [5.41, 5.74) is 0.650. The highest BCUT2D eigenvalue weighted by atomic mass is 35.5. The highest BCUT2D eigenvalue weighted by molar-refractivity contribution is 6.30. The van der Waals surface area contributed by atoms with Crippen LogP contribution in [0, 0.1) is 0 Å². The van der Waals surface area contributed by atoms with Crippen molar-refractivity contribution in [1.29, 1.82) is 0 Å². The summed E-state index contributed by atoms with van der Waals surface area (Å²) in [7, 11) is 3.12. The van der Waals surface area contributed by atoms with Gasteiger partial charge in [-0.05, 0) is 42.8 Å². The van der Waals surface area contributed by atoms with Crippen LogP contribution in [0.5, 0.6) is 17.2 Å². The van der Waals surface area contributed by atoms with Crippen LogP contribution in [0.2, 0.25) is 5.02 Å². The minimum Gasteiger partial charge on any atom is -0.497 e. The number of hydrogen-bond donors (Lipinski definition) is 1. The Morgan fingerprint density at radius 2 is 1.87 bits per heavy atom. The molecule has 1 amide bonds. The van der Waals surface area contributed by atoms with Crippen LogP contribution >= 0.6 is 11.6 Å². The Bertz CT molecular complexity index is 991. The molecular formula is C21H22ClN3O5. The Labute approximate surface area is 179 Å². The molecule has 0 fully saturated rings. The first-order valence-electron chi connectivity index (χ1n) is 9.29. The molecule has 0 aliphatic carbocycles. The number of hydrogen-bond acceptors (Lipinski definition) is 7. The van der Waals surface area contributed by atoms with E-state index in [0.29, 0.717) is 40.1 Å². The third kappa shape index (κ3) is 5.21. The standard InChI is InChI=1S/C21H22ClN3O5/c1-4-17(29-14-7-5-13(22)6-8-14)21(26)23-12-19-24-20(25-30-19)16-10-9-15(27-2)11-18(16)28-3/h5-11,17H,4,12H2,1-3H3,(H,23,26)/t17-/m1/s1. The third-order valence-corrected chi connectivity index (χ3v) is 4.54. The molecule has 2 aromatic carbocycles. The number of benzene rings is 2. The van der Waals surface area contributed by atoms with Gasteiger partial charge in [0, 0.05) is 11.1 Å². The Morgan fingerprint density at radius 1 is 1.13 bits per heavy atom. The van der Waals surface area contributed by atoms with Gasteiger partial charge in [-0.3, -0.25) is 4.79 Å². The molecule has 3 aromatic rings. The number of methoxy groups -OCH3 is 2. The zero-order chi connectivity index (χ0) is 21.5. The van der Waals surface area contributed by atoms with Gasteiger partial charge in [0.25, 0.3) is 5.91 Å². The van der Waals surface area contributed by atoms with Gasteiger partial charge in [-0.1, -0.05) is 23.7 Å². The molecule has 0 aliphatic heterocycles. The number of halogens is 1. The minimum absolute atomic E-state index is 0.0742. The molecule has 0 spiro atoms. The second kappa shape index (κ2) is 9.98. The highest BCUT2D eigenvalue weighted by Gasteiger charge is 2.20. The zero-order valence-corrected chi connectivity index (χ0v) is 17.6. The van der Waals surface area contributed by atoms with Crippen LogP contribution in [0.25, 0.3) is 11.4 Å². The van der Waals surface area contributed by atoms with Crippen molar-refractivity contribution in [3.05, 3.63) is 53.4 Å². The lowest BCUT2D eigenvalue weighted by Crippen LogP contribution is -2.37. The number of rotatable bonds is 9. The number of carbonyl (C=O) groups is 1. The summed E-state index contributed by atoms with van der Waals surface area (Å²) in [6.45, 7) is 1.94. The highest BCUT2D eigenvalue weighted by Crippen LogP contribution is 2.31. The lowest BCUT2D eigenvalue weighted by atomic mass is 10.2. The van der Waals surface area contributed by atoms with Crippen molar-refractivity contribution in [2.45, 2.75) is 26.0 Å². The van der Waals surface area contributed by atoms with Gasteiger partial charge in [-0.15, -0.1) is 0 Å². The average Bonchev–Trinajstić information content (AvgIpc) is 3.25. The van der Waals surface area contributed by atoms with Crippen molar-refractivity contribution in [3.8, 4) is 28.6 Å². The largest absolute Gasteiger partial charge is 0.497 e. The van der Waals surface area contributed by atoms with Crippen LogP contribution in [0.4, 0.5) is 0 Å². The van der Waals surface area contributed by atoms with Crippen LogP contribution in [-0.4, -0.2) is 36.4 Å². The molecule has 1 atom stereocenters. The molecule has 0 bridgehead atoms. The fraction of sp³-hybridized carbons (Fsp3) is 0.286.